The summed E-state index contributed by atoms with van der Waals surface area (Å²) in [7, 11) is 0. The SMILES string of the molecule is CC(C)c1nc2cc(N)ccc2n1CC(C)(C)CCO. The molecule has 3 N–H and O–H groups in total. The summed E-state index contributed by atoms with van der Waals surface area (Å²) in [5.74, 6) is 1.44. The molecule has 0 spiro atoms. The maximum absolute atomic E-state index is 9.22. The first-order valence-corrected chi connectivity index (χ1v) is 7.20. The molecule has 2 aromatic rings. The molecule has 0 amide bonds. The molecule has 0 saturated heterocycles. The fraction of sp³-hybridized carbons (Fsp3) is 0.562. The van der Waals surface area contributed by atoms with Gasteiger partial charge in [-0.15, -0.1) is 0 Å². The molecule has 4 heteroatoms. The fourth-order valence-electron chi connectivity index (χ4n) is 2.58. The van der Waals surface area contributed by atoms with Crippen LogP contribution in [0.15, 0.2) is 18.2 Å². The Balaban J connectivity index is 2.51. The Bertz CT molecular complexity index is 599. The molecule has 1 heterocycles. The Morgan fingerprint density at radius 1 is 1.35 bits per heavy atom. The number of anilines is 1. The van der Waals surface area contributed by atoms with Crippen LogP contribution in [0, 0.1) is 5.41 Å². The number of hydrogen-bond donors (Lipinski definition) is 2. The molecular weight excluding hydrogens is 250 g/mol. The van der Waals surface area contributed by atoms with Crippen LogP contribution in [-0.4, -0.2) is 21.3 Å². The van der Waals surface area contributed by atoms with Gasteiger partial charge in [-0.05, 0) is 30.0 Å². The van der Waals surface area contributed by atoms with Crippen LogP contribution in [0.3, 0.4) is 0 Å². The van der Waals surface area contributed by atoms with Crippen LogP contribution in [-0.2, 0) is 6.54 Å². The molecule has 2 rings (SSSR count). The normalized spacial score (nSPS) is 12.5. The molecule has 0 fully saturated rings. The summed E-state index contributed by atoms with van der Waals surface area (Å²) in [6, 6.07) is 5.89. The Morgan fingerprint density at radius 2 is 2.05 bits per heavy atom. The van der Waals surface area contributed by atoms with E-state index in [1.54, 1.807) is 0 Å². The van der Waals surface area contributed by atoms with Gasteiger partial charge in [0.05, 0.1) is 11.0 Å². The zero-order valence-corrected chi connectivity index (χ0v) is 12.8. The van der Waals surface area contributed by atoms with Gasteiger partial charge >= 0.3 is 0 Å². The first-order chi connectivity index (χ1) is 9.34. The average molecular weight is 275 g/mol. The monoisotopic (exact) mass is 275 g/mol. The van der Waals surface area contributed by atoms with Crippen molar-refractivity contribution in [3.63, 3.8) is 0 Å². The van der Waals surface area contributed by atoms with E-state index in [2.05, 4.69) is 32.3 Å². The van der Waals surface area contributed by atoms with Crippen LogP contribution in [0.25, 0.3) is 11.0 Å². The quantitative estimate of drug-likeness (QED) is 0.824. The summed E-state index contributed by atoms with van der Waals surface area (Å²) >= 11 is 0. The summed E-state index contributed by atoms with van der Waals surface area (Å²) in [5.41, 5.74) is 8.70. The maximum atomic E-state index is 9.22. The Kier molecular flexibility index (Phi) is 4.04. The summed E-state index contributed by atoms with van der Waals surface area (Å²) in [6.45, 7) is 9.72. The van der Waals surface area contributed by atoms with Crippen LogP contribution in [0.4, 0.5) is 5.69 Å². The third-order valence-corrected chi connectivity index (χ3v) is 3.69. The lowest BCUT2D eigenvalue weighted by atomic mass is 9.89. The van der Waals surface area contributed by atoms with Crippen LogP contribution in [0.1, 0.15) is 45.9 Å². The average Bonchev–Trinajstić information content (AvgIpc) is 2.66. The topological polar surface area (TPSA) is 64.1 Å². The van der Waals surface area contributed by atoms with Crippen LogP contribution >= 0.6 is 0 Å². The zero-order chi connectivity index (χ0) is 14.9. The molecule has 4 nitrogen and oxygen atoms in total. The minimum absolute atomic E-state index is 0.0351. The molecule has 0 saturated carbocycles. The lowest BCUT2D eigenvalue weighted by molar-refractivity contribution is 0.192. The predicted molar refractivity (Wildman–Crippen MR) is 83.7 cm³/mol. The van der Waals surface area contributed by atoms with E-state index in [0.717, 1.165) is 35.5 Å². The Hall–Kier alpha value is -1.55. The highest BCUT2D eigenvalue weighted by molar-refractivity contribution is 5.79. The molecular formula is C16H25N3O. The van der Waals surface area contributed by atoms with E-state index >= 15 is 0 Å². The number of nitrogen functional groups attached to an aromatic ring is 1. The highest BCUT2D eigenvalue weighted by atomic mass is 16.3. The molecule has 0 unspecified atom stereocenters. The summed E-state index contributed by atoms with van der Waals surface area (Å²) in [6.07, 6.45) is 0.777. The molecule has 0 bridgehead atoms. The number of aliphatic hydroxyl groups is 1. The molecule has 0 aliphatic rings. The van der Waals surface area contributed by atoms with Crippen molar-refractivity contribution < 1.29 is 5.11 Å². The van der Waals surface area contributed by atoms with Gasteiger partial charge < -0.3 is 15.4 Å². The fourth-order valence-corrected chi connectivity index (χ4v) is 2.58. The first-order valence-electron chi connectivity index (χ1n) is 7.20. The van der Waals surface area contributed by atoms with Gasteiger partial charge in [-0.25, -0.2) is 4.98 Å². The number of nitrogens with zero attached hydrogens (tertiary/aromatic N) is 2. The second-order valence-electron chi connectivity index (χ2n) is 6.60. The van der Waals surface area contributed by atoms with Gasteiger partial charge in [0.25, 0.3) is 0 Å². The number of imidazole rings is 1. The zero-order valence-electron chi connectivity index (χ0n) is 12.8. The van der Waals surface area contributed by atoms with Crippen molar-refractivity contribution in [2.45, 2.75) is 46.6 Å². The van der Waals surface area contributed by atoms with Gasteiger partial charge in [0, 0.05) is 24.8 Å². The van der Waals surface area contributed by atoms with Gasteiger partial charge in [-0.3, -0.25) is 0 Å². The number of nitrogens with two attached hydrogens (primary N) is 1. The Morgan fingerprint density at radius 3 is 2.65 bits per heavy atom. The van der Waals surface area contributed by atoms with Gasteiger partial charge in [-0.1, -0.05) is 27.7 Å². The standard InChI is InChI=1S/C16H25N3O/c1-11(2)15-18-13-9-12(17)5-6-14(13)19(15)10-16(3,4)7-8-20/h5-6,9,11,20H,7-8,10,17H2,1-4H3. The lowest BCUT2D eigenvalue weighted by Gasteiger charge is -2.26. The molecule has 1 aromatic heterocycles. The minimum atomic E-state index is 0.0351. The van der Waals surface area contributed by atoms with E-state index in [-0.39, 0.29) is 12.0 Å². The summed E-state index contributed by atoms with van der Waals surface area (Å²) < 4.78 is 2.27. The highest BCUT2D eigenvalue weighted by Crippen LogP contribution is 2.29. The molecule has 0 aliphatic carbocycles. The smallest absolute Gasteiger partial charge is 0.112 e. The van der Waals surface area contributed by atoms with Crippen molar-refractivity contribution in [2.75, 3.05) is 12.3 Å². The van der Waals surface area contributed by atoms with E-state index in [9.17, 15) is 5.11 Å². The van der Waals surface area contributed by atoms with Crippen molar-refractivity contribution in [1.82, 2.24) is 9.55 Å². The van der Waals surface area contributed by atoms with Gasteiger partial charge in [0.1, 0.15) is 5.82 Å². The highest BCUT2D eigenvalue weighted by Gasteiger charge is 2.22. The molecule has 1 aromatic carbocycles. The second-order valence-corrected chi connectivity index (χ2v) is 6.60. The van der Waals surface area contributed by atoms with Crippen LogP contribution in [0.2, 0.25) is 0 Å². The number of rotatable bonds is 5. The van der Waals surface area contributed by atoms with Crippen molar-refractivity contribution in [3.05, 3.63) is 24.0 Å². The Labute approximate surface area is 120 Å². The van der Waals surface area contributed by atoms with E-state index in [1.165, 1.54) is 0 Å². The van der Waals surface area contributed by atoms with Crippen LogP contribution in [0.5, 0.6) is 0 Å². The molecule has 0 aliphatic heterocycles. The first kappa shape index (κ1) is 14.9. The lowest BCUT2D eigenvalue weighted by Crippen LogP contribution is -2.22. The second kappa shape index (κ2) is 5.44. The summed E-state index contributed by atoms with van der Waals surface area (Å²) in [5, 5.41) is 9.22. The number of fused-ring (bicyclic) bond motifs is 1. The third-order valence-electron chi connectivity index (χ3n) is 3.69. The largest absolute Gasteiger partial charge is 0.399 e. The van der Waals surface area contributed by atoms with Gasteiger partial charge in [0.15, 0.2) is 0 Å². The number of hydrogen-bond acceptors (Lipinski definition) is 3. The predicted octanol–water partition coefficient (Wildman–Crippen LogP) is 3.15. The third kappa shape index (κ3) is 2.96. The van der Waals surface area contributed by atoms with E-state index in [1.807, 2.05) is 18.2 Å². The van der Waals surface area contributed by atoms with Crippen molar-refractivity contribution in [3.8, 4) is 0 Å². The minimum Gasteiger partial charge on any atom is -0.399 e. The van der Waals surface area contributed by atoms with Gasteiger partial charge in [-0.2, -0.15) is 0 Å². The van der Waals surface area contributed by atoms with Crippen molar-refractivity contribution in [2.24, 2.45) is 5.41 Å². The summed E-state index contributed by atoms with van der Waals surface area (Å²) in [4.78, 5) is 4.74. The number of benzene rings is 1. The van der Waals surface area contributed by atoms with Crippen LogP contribution < -0.4 is 5.73 Å². The van der Waals surface area contributed by atoms with E-state index < -0.39 is 0 Å². The number of aromatic nitrogens is 2. The van der Waals surface area contributed by atoms with Crippen molar-refractivity contribution >= 4 is 16.7 Å². The molecule has 20 heavy (non-hydrogen) atoms. The maximum Gasteiger partial charge on any atom is 0.112 e. The van der Waals surface area contributed by atoms with Gasteiger partial charge in [0.2, 0.25) is 0 Å². The number of aliphatic hydroxyl groups excluding tert-OH is 1. The van der Waals surface area contributed by atoms with Crippen molar-refractivity contribution in [1.29, 1.82) is 0 Å². The molecule has 0 radical (unpaired) electrons. The molecule has 0 atom stereocenters. The van der Waals surface area contributed by atoms with E-state index in [4.69, 9.17) is 10.7 Å². The van der Waals surface area contributed by atoms with E-state index in [0.29, 0.717) is 5.92 Å². The molecule has 110 valence electrons.